The van der Waals surface area contributed by atoms with Gasteiger partial charge in [-0.2, -0.15) is 0 Å². The van der Waals surface area contributed by atoms with E-state index in [4.69, 9.17) is 5.73 Å². The van der Waals surface area contributed by atoms with Gasteiger partial charge in [0.2, 0.25) is 0 Å². The molecule has 0 radical (unpaired) electrons. The molecule has 1 nitrogen and oxygen atoms in total. The number of hydrogen-bond donors (Lipinski definition) is 1. The van der Waals surface area contributed by atoms with Crippen molar-refractivity contribution in [1.82, 2.24) is 0 Å². The van der Waals surface area contributed by atoms with Crippen LogP contribution in [-0.4, -0.2) is 5.54 Å². The molecule has 2 N–H and O–H groups in total. The van der Waals surface area contributed by atoms with Gasteiger partial charge in [-0.1, -0.05) is 13.8 Å². The average Bonchev–Trinajstić information content (AvgIpc) is 2.21. The van der Waals surface area contributed by atoms with Gasteiger partial charge in [-0.05, 0) is 18.8 Å². The summed E-state index contributed by atoms with van der Waals surface area (Å²) in [6.07, 6.45) is 2.48. The molecule has 0 aromatic rings. The lowest BCUT2D eigenvalue weighted by molar-refractivity contribution is 0.478. The van der Waals surface area contributed by atoms with Crippen molar-refractivity contribution >= 4 is 12.4 Å². The van der Waals surface area contributed by atoms with Crippen molar-refractivity contribution in [3.63, 3.8) is 0 Å². The normalized spacial score (nSPS) is 22.5. The first-order valence-electron chi connectivity index (χ1n) is 2.94. The molecule has 1 fully saturated rings. The molecule has 8 heavy (non-hydrogen) atoms. The molecule has 50 valence electrons. The van der Waals surface area contributed by atoms with Crippen LogP contribution in [0.25, 0.3) is 0 Å². The lowest BCUT2D eigenvalue weighted by Crippen LogP contribution is -2.27. The standard InChI is InChI=1S/C6H13N.ClH/c1-5(2)6(7)3-4-6;/h5H,3-4,7H2,1-2H3;1H. The molecule has 0 heterocycles. The van der Waals surface area contributed by atoms with E-state index in [2.05, 4.69) is 13.8 Å². The Labute approximate surface area is 57.1 Å². The molecule has 1 aliphatic carbocycles. The van der Waals surface area contributed by atoms with Crippen LogP contribution in [0.4, 0.5) is 0 Å². The lowest BCUT2D eigenvalue weighted by Gasteiger charge is -2.10. The first-order valence-corrected chi connectivity index (χ1v) is 2.94. The first-order chi connectivity index (χ1) is 3.15. The molecular weight excluding hydrogens is 122 g/mol. The molecular formula is C6H14ClN. The summed E-state index contributed by atoms with van der Waals surface area (Å²) in [4.78, 5) is 0. The molecule has 0 unspecified atom stereocenters. The predicted octanol–water partition coefficient (Wildman–Crippen LogP) is 1.56. The smallest absolute Gasteiger partial charge is 0.0178 e. The van der Waals surface area contributed by atoms with Gasteiger partial charge in [0.15, 0.2) is 0 Å². The number of halogens is 1. The Bertz CT molecular complexity index is 76.6. The van der Waals surface area contributed by atoms with Crippen LogP contribution in [0, 0.1) is 5.92 Å². The van der Waals surface area contributed by atoms with E-state index in [0.717, 1.165) is 0 Å². The Balaban J connectivity index is 0.000000490. The van der Waals surface area contributed by atoms with Crippen molar-refractivity contribution in [2.75, 3.05) is 0 Å². The van der Waals surface area contributed by atoms with Crippen molar-refractivity contribution in [3.8, 4) is 0 Å². The Kier molecular flexibility index (Phi) is 2.31. The fourth-order valence-corrected chi connectivity index (χ4v) is 0.722. The third-order valence-electron chi connectivity index (χ3n) is 1.98. The molecule has 1 saturated carbocycles. The maximum atomic E-state index is 5.79. The highest BCUT2D eigenvalue weighted by Crippen LogP contribution is 2.38. The third kappa shape index (κ3) is 1.36. The van der Waals surface area contributed by atoms with Crippen LogP contribution in [0.5, 0.6) is 0 Å². The number of nitrogens with two attached hydrogens (primary N) is 1. The minimum atomic E-state index is 0. The largest absolute Gasteiger partial charge is 0.325 e. The molecule has 0 aromatic heterocycles. The lowest BCUT2D eigenvalue weighted by atomic mass is 10.0. The highest BCUT2D eigenvalue weighted by molar-refractivity contribution is 5.85. The van der Waals surface area contributed by atoms with Crippen molar-refractivity contribution < 1.29 is 0 Å². The maximum Gasteiger partial charge on any atom is 0.0178 e. The molecule has 0 aliphatic heterocycles. The molecule has 0 aromatic carbocycles. The Morgan fingerprint density at radius 3 is 1.75 bits per heavy atom. The SMILES string of the molecule is CC(C)C1(N)CC1.Cl. The first kappa shape index (κ1) is 8.25. The van der Waals surface area contributed by atoms with Gasteiger partial charge < -0.3 is 5.73 Å². The minimum absolute atomic E-state index is 0. The van der Waals surface area contributed by atoms with Gasteiger partial charge in [-0.3, -0.25) is 0 Å². The predicted molar refractivity (Wildman–Crippen MR) is 38.2 cm³/mol. The molecule has 0 saturated heterocycles. The van der Waals surface area contributed by atoms with E-state index in [1.807, 2.05) is 0 Å². The number of rotatable bonds is 1. The van der Waals surface area contributed by atoms with Crippen molar-refractivity contribution in [1.29, 1.82) is 0 Å². The van der Waals surface area contributed by atoms with Gasteiger partial charge in [-0.15, -0.1) is 12.4 Å². The minimum Gasteiger partial charge on any atom is -0.325 e. The van der Waals surface area contributed by atoms with E-state index < -0.39 is 0 Å². The van der Waals surface area contributed by atoms with Crippen LogP contribution in [-0.2, 0) is 0 Å². The van der Waals surface area contributed by atoms with Crippen LogP contribution in [0.1, 0.15) is 26.7 Å². The van der Waals surface area contributed by atoms with E-state index in [0.29, 0.717) is 5.92 Å². The van der Waals surface area contributed by atoms with Gasteiger partial charge in [0.25, 0.3) is 0 Å². The van der Waals surface area contributed by atoms with Crippen LogP contribution < -0.4 is 5.73 Å². The van der Waals surface area contributed by atoms with E-state index in [1.165, 1.54) is 12.8 Å². The van der Waals surface area contributed by atoms with Crippen LogP contribution >= 0.6 is 12.4 Å². The van der Waals surface area contributed by atoms with Crippen molar-refractivity contribution in [3.05, 3.63) is 0 Å². The summed E-state index contributed by atoms with van der Waals surface area (Å²) >= 11 is 0. The van der Waals surface area contributed by atoms with Crippen molar-refractivity contribution in [2.24, 2.45) is 11.7 Å². The second-order valence-electron chi connectivity index (χ2n) is 2.89. The summed E-state index contributed by atoms with van der Waals surface area (Å²) in [5.74, 6) is 0.687. The fourth-order valence-electron chi connectivity index (χ4n) is 0.722. The average molecular weight is 136 g/mol. The molecule has 0 atom stereocenters. The molecule has 1 aliphatic rings. The molecule has 0 amide bonds. The fraction of sp³-hybridized carbons (Fsp3) is 1.00. The highest BCUT2D eigenvalue weighted by Gasteiger charge is 2.40. The topological polar surface area (TPSA) is 26.0 Å². The molecule has 0 bridgehead atoms. The van der Waals surface area contributed by atoms with Crippen molar-refractivity contribution in [2.45, 2.75) is 32.2 Å². The van der Waals surface area contributed by atoms with E-state index in [1.54, 1.807) is 0 Å². The molecule has 2 heteroatoms. The second-order valence-corrected chi connectivity index (χ2v) is 2.89. The third-order valence-corrected chi connectivity index (χ3v) is 1.98. The number of hydrogen-bond acceptors (Lipinski definition) is 1. The van der Waals surface area contributed by atoms with E-state index in [-0.39, 0.29) is 17.9 Å². The summed E-state index contributed by atoms with van der Waals surface area (Å²) in [6.45, 7) is 4.38. The van der Waals surface area contributed by atoms with Crippen LogP contribution in [0.3, 0.4) is 0 Å². The quantitative estimate of drug-likeness (QED) is 0.580. The van der Waals surface area contributed by atoms with Gasteiger partial charge in [-0.25, -0.2) is 0 Å². The second kappa shape index (κ2) is 2.24. The van der Waals surface area contributed by atoms with Crippen LogP contribution in [0.2, 0.25) is 0 Å². The zero-order valence-electron chi connectivity index (χ0n) is 5.48. The molecule has 0 spiro atoms. The van der Waals surface area contributed by atoms with Gasteiger partial charge >= 0.3 is 0 Å². The Morgan fingerprint density at radius 2 is 1.75 bits per heavy atom. The van der Waals surface area contributed by atoms with E-state index in [9.17, 15) is 0 Å². The molecule has 1 rings (SSSR count). The summed E-state index contributed by atoms with van der Waals surface area (Å²) < 4.78 is 0. The van der Waals surface area contributed by atoms with E-state index >= 15 is 0 Å². The van der Waals surface area contributed by atoms with Crippen LogP contribution in [0.15, 0.2) is 0 Å². The van der Waals surface area contributed by atoms with Gasteiger partial charge in [0, 0.05) is 5.54 Å². The van der Waals surface area contributed by atoms with Gasteiger partial charge in [0.1, 0.15) is 0 Å². The summed E-state index contributed by atoms with van der Waals surface area (Å²) in [6, 6.07) is 0. The summed E-state index contributed by atoms with van der Waals surface area (Å²) in [7, 11) is 0. The van der Waals surface area contributed by atoms with Gasteiger partial charge in [0.05, 0.1) is 0 Å². The maximum absolute atomic E-state index is 5.79. The highest BCUT2D eigenvalue weighted by atomic mass is 35.5. The Hall–Kier alpha value is 0.250. The summed E-state index contributed by atoms with van der Waals surface area (Å²) in [5, 5.41) is 0. The zero-order valence-corrected chi connectivity index (χ0v) is 6.29. The summed E-state index contributed by atoms with van der Waals surface area (Å²) in [5.41, 5.74) is 6.04. The zero-order chi connectivity index (χ0) is 5.49. The Morgan fingerprint density at radius 1 is 1.38 bits per heavy atom. The monoisotopic (exact) mass is 135 g/mol.